The third-order valence-corrected chi connectivity index (χ3v) is 1.45. The number of rotatable bonds is 0. The van der Waals surface area contributed by atoms with Gasteiger partial charge in [0, 0.05) is 12.5 Å². The third kappa shape index (κ3) is 2.05. The van der Waals surface area contributed by atoms with Crippen molar-refractivity contribution in [1.82, 2.24) is 5.32 Å². The van der Waals surface area contributed by atoms with Crippen LogP contribution in [0.1, 0.15) is 6.42 Å². The molecule has 0 spiro atoms. The van der Waals surface area contributed by atoms with Crippen LogP contribution in [-0.4, -0.2) is 24.8 Å². The second-order valence-electron chi connectivity index (χ2n) is 2.17. The van der Waals surface area contributed by atoms with Crippen molar-refractivity contribution in [2.24, 2.45) is 5.92 Å². The van der Waals surface area contributed by atoms with Crippen LogP contribution < -0.4 is 5.32 Å². The van der Waals surface area contributed by atoms with E-state index in [1.54, 1.807) is 0 Å². The smallest absolute Gasteiger partial charge is 0.104 e. The Morgan fingerprint density at radius 3 is 3.11 bits per heavy atom. The first-order valence-corrected chi connectivity index (χ1v) is 3.23. The minimum absolute atomic E-state index is 0.00347. The minimum atomic E-state index is -0.00347. The lowest BCUT2D eigenvalue weighted by molar-refractivity contribution is 0.350. The van der Waals surface area contributed by atoms with Crippen molar-refractivity contribution in [3.8, 4) is 11.8 Å². The molecule has 0 aromatic heterocycles. The lowest BCUT2D eigenvalue weighted by atomic mass is 10.1. The molecular weight excluding hydrogens is 114 g/mol. The van der Waals surface area contributed by atoms with Crippen molar-refractivity contribution in [1.29, 1.82) is 0 Å². The maximum atomic E-state index is 8.33. The van der Waals surface area contributed by atoms with Gasteiger partial charge in [-0.25, -0.2) is 0 Å². The summed E-state index contributed by atoms with van der Waals surface area (Å²) in [4.78, 5) is 0. The first-order chi connectivity index (χ1) is 4.43. The van der Waals surface area contributed by atoms with E-state index in [4.69, 9.17) is 5.11 Å². The van der Waals surface area contributed by atoms with Crippen LogP contribution in [0.4, 0.5) is 0 Å². The molecule has 1 heterocycles. The maximum absolute atomic E-state index is 8.33. The molecule has 0 bridgehead atoms. The summed E-state index contributed by atoms with van der Waals surface area (Å²) in [5.74, 6) is 6.11. The molecule has 50 valence electrons. The molecule has 1 unspecified atom stereocenters. The highest BCUT2D eigenvalue weighted by Gasteiger charge is 2.09. The number of nitrogens with one attached hydrogen (secondary N) is 1. The van der Waals surface area contributed by atoms with Crippen molar-refractivity contribution in [3.63, 3.8) is 0 Å². The van der Waals surface area contributed by atoms with E-state index in [0.717, 1.165) is 19.5 Å². The molecule has 9 heavy (non-hydrogen) atoms. The topological polar surface area (TPSA) is 32.3 Å². The second kappa shape index (κ2) is 3.49. The Labute approximate surface area is 55.3 Å². The Morgan fingerprint density at radius 2 is 2.56 bits per heavy atom. The summed E-state index contributed by atoms with van der Waals surface area (Å²) in [5, 5.41) is 11.5. The van der Waals surface area contributed by atoms with Crippen LogP contribution in [0.3, 0.4) is 0 Å². The Balaban J connectivity index is 2.26. The van der Waals surface area contributed by atoms with Crippen LogP contribution >= 0.6 is 0 Å². The molecule has 1 saturated heterocycles. The monoisotopic (exact) mass is 125 g/mol. The van der Waals surface area contributed by atoms with Crippen molar-refractivity contribution >= 4 is 0 Å². The van der Waals surface area contributed by atoms with E-state index in [-0.39, 0.29) is 6.61 Å². The molecule has 0 radical (unpaired) electrons. The van der Waals surface area contributed by atoms with E-state index in [1.807, 2.05) is 0 Å². The highest BCUT2D eigenvalue weighted by atomic mass is 16.2. The molecule has 1 fully saturated rings. The zero-order valence-electron chi connectivity index (χ0n) is 5.35. The molecule has 2 heteroatoms. The van der Waals surface area contributed by atoms with E-state index < -0.39 is 0 Å². The summed E-state index contributed by atoms with van der Waals surface area (Å²) in [7, 11) is 0. The first kappa shape index (κ1) is 6.60. The lowest BCUT2D eigenvalue weighted by Crippen LogP contribution is -2.07. The zero-order chi connectivity index (χ0) is 6.53. The molecule has 0 aliphatic carbocycles. The summed E-state index contributed by atoms with van der Waals surface area (Å²) in [6.07, 6.45) is 1.13. The molecule has 0 aromatic rings. The first-order valence-electron chi connectivity index (χ1n) is 3.23. The molecule has 1 aliphatic rings. The van der Waals surface area contributed by atoms with Gasteiger partial charge in [0.2, 0.25) is 0 Å². The average Bonchev–Trinajstić information content (AvgIpc) is 2.34. The number of aliphatic hydroxyl groups is 1. The van der Waals surface area contributed by atoms with Gasteiger partial charge in [-0.2, -0.15) is 0 Å². The maximum Gasteiger partial charge on any atom is 0.104 e. The van der Waals surface area contributed by atoms with E-state index in [9.17, 15) is 0 Å². The molecule has 0 saturated carbocycles. The average molecular weight is 125 g/mol. The van der Waals surface area contributed by atoms with Gasteiger partial charge in [0.05, 0.1) is 0 Å². The van der Waals surface area contributed by atoms with E-state index in [0.29, 0.717) is 5.92 Å². The fraction of sp³-hybridized carbons (Fsp3) is 0.714. The molecule has 1 rings (SSSR count). The Bertz CT molecular complexity index is 128. The van der Waals surface area contributed by atoms with Gasteiger partial charge in [-0.1, -0.05) is 11.8 Å². The van der Waals surface area contributed by atoms with Crippen LogP contribution in [0.15, 0.2) is 0 Å². The standard InChI is InChI=1S/C7H11NO/c9-5-1-2-7-3-4-8-6-7/h7-9H,3-6H2. The van der Waals surface area contributed by atoms with Gasteiger partial charge < -0.3 is 10.4 Å². The Morgan fingerprint density at radius 1 is 1.67 bits per heavy atom. The van der Waals surface area contributed by atoms with Crippen molar-refractivity contribution < 1.29 is 5.11 Å². The fourth-order valence-corrected chi connectivity index (χ4v) is 0.968. The van der Waals surface area contributed by atoms with Crippen LogP contribution in [-0.2, 0) is 0 Å². The van der Waals surface area contributed by atoms with Crippen LogP contribution in [0, 0.1) is 17.8 Å². The highest BCUT2D eigenvalue weighted by molar-refractivity contribution is 5.05. The predicted molar refractivity (Wildman–Crippen MR) is 35.8 cm³/mol. The van der Waals surface area contributed by atoms with Crippen molar-refractivity contribution in [2.45, 2.75) is 6.42 Å². The number of hydrogen-bond acceptors (Lipinski definition) is 2. The van der Waals surface area contributed by atoms with Gasteiger partial charge in [0.15, 0.2) is 0 Å². The van der Waals surface area contributed by atoms with Gasteiger partial charge >= 0.3 is 0 Å². The minimum Gasteiger partial charge on any atom is -0.384 e. The van der Waals surface area contributed by atoms with E-state index in [1.165, 1.54) is 0 Å². The highest BCUT2D eigenvalue weighted by Crippen LogP contribution is 2.04. The van der Waals surface area contributed by atoms with Gasteiger partial charge in [0.25, 0.3) is 0 Å². The molecule has 1 aliphatic heterocycles. The summed E-state index contributed by atoms with van der Waals surface area (Å²) in [5.41, 5.74) is 0. The molecular formula is C7H11NO. The van der Waals surface area contributed by atoms with E-state index >= 15 is 0 Å². The van der Waals surface area contributed by atoms with Crippen LogP contribution in [0.5, 0.6) is 0 Å². The van der Waals surface area contributed by atoms with Gasteiger partial charge in [-0.3, -0.25) is 0 Å². The fourth-order valence-electron chi connectivity index (χ4n) is 0.968. The molecule has 2 nitrogen and oxygen atoms in total. The van der Waals surface area contributed by atoms with E-state index in [2.05, 4.69) is 17.2 Å². The van der Waals surface area contributed by atoms with Gasteiger partial charge in [0.1, 0.15) is 6.61 Å². The normalized spacial score (nSPS) is 25.2. The van der Waals surface area contributed by atoms with Crippen molar-refractivity contribution in [2.75, 3.05) is 19.7 Å². The van der Waals surface area contributed by atoms with Gasteiger partial charge in [-0.05, 0) is 13.0 Å². The largest absolute Gasteiger partial charge is 0.384 e. The quantitative estimate of drug-likeness (QED) is 0.431. The molecule has 1 atom stereocenters. The van der Waals surface area contributed by atoms with Crippen molar-refractivity contribution in [3.05, 3.63) is 0 Å². The SMILES string of the molecule is OCC#CC1CCNC1. The second-order valence-corrected chi connectivity index (χ2v) is 2.17. The Kier molecular flexibility index (Phi) is 2.56. The third-order valence-electron chi connectivity index (χ3n) is 1.45. The van der Waals surface area contributed by atoms with Crippen LogP contribution in [0.25, 0.3) is 0 Å². The number of hydrogen-bond donors (Lipinski definition) is 2. The summed E-state index contributed by atoms with van der Waals surface area (Å²) < 4.78 is 0. The number of aliphatic hydroxyl groups excluding tert-OH is 1. The zero-order valence-corrected chi connectivity index (χ0v) is 5.35. The van der Waals surface area contributed by atoms with Gasteiger partial charge in [-0.15, -0.1) is 0 Å². The molecule has 0 aromatic carbocycles. The predicted octanol–water partition coefficient (Wildman–Crippen LogP) is -0.408. The summed E-state index contributed by atoms with van der Waals surface area (Å²) in [6.45, 7) is 2.06. The Hall–Kier alpha value is -0.520. The molecule has 0 amide bonds. The lowest BCUT2D eigenvalue weighted by Gasteiger charge is -1.92. The van der Waals surface area contributed by atoms with Crippen LogP contribution in [0.2, 0.25) is 0 Å². The summed E-state index contributed by atoms with van der Waals surface area (Å²) in [6, 6.07) is 0. The summed E-state index contributed by atoms with van der Waals surface area (Å²) >= 11 is 0. The molecule has 2 N–H and O–H groups in total.